The van der Waals surface area contributed by atoms with Gasteiger partial charge in [0.15, 0.2) is 0 Å². The van der Waals surface area contributed by atoms with Gasteiger partial charge in [0.05, 0.1) is 18.0 Å². The van der Waals surface area contributed by atoms with Crippen molar-refractivity contribution in [3.8, 4) is 17.4 Å². The quantitative estimate of drug-likeness (QED) is 0.268. The molecule has 4 aromatic rings. The zero-order valence-electron chi connectivity index (χ0n) is 29.0. The van der Waals surface area contributed by atoms with Crippen molar-refractivity contribution in [1.82, 2.24) is 24.8 Å². The van der Waals surface area contributed by atoms with E-state index in [1.54, 1.807) is 6.92 Å². The Balaban J connectivity index is 1.35. The fourth-order valence-electron chi connectivity index (χ4n) is 7.97. The van der Waals surface area contributed by atoms with Crippen LogP contribution in [0.4, 0.5) is 27.8 Å². The number of nitrogens with one attached hydrogen (secondary N) is 1. The molecule has 7 heterocycles. The fourth-order valence-corrected chi connectivity index (χ4v) is 7.97. The predicted octanol–water partition coefficient (Wildman–Crippen LogP) is 5.26. The summed E-state index contributed by atoms with van der Waals surface area (Å²) in [6, 6.07) is 5.02. The number of aryl methyl sites for hydroxylation is 1. The maximum atomic E-state index is 15.1. The molecular weight excluding hydrogens is 635 g/mol. The highest BCUT2D eigenvalue weighted by atomic mass is 19.4. The molecule has 48 heavy (non-hydrogen) atoms. The number of fused-ring (bicyclic) bond motifs is 6. The number of phenolic OH excluding ortho intramolecular Hbond substituents is 1. The number of halogens is 5. The van der Waals surface area contributed by atoms with Crippen LogP contribution >= 0.6 is 0 Å². The van der Waals surface area contributed by atoms with E-state index in [-0.39, 0.29) is 83.6 Å². The molecule has 0 spiro atoms. The van der Waals surface area contributed by atoms with E-state index >= 15 is 22.0 Å². The molecule has 2 unspecified atom stereocenters. The van der Waals surface area contributed by atoms with E-state index in [0.717, 1.165) is 31.0 Å². The van der Waals surface area contributed by atoms with Crippen molar-refractivity contribution in [2.45, 2.75) is 75.4 Å². The van der Waals surface area contributed by atoms with Gasteiger partial charge in [-0.25, -0.2) is 8.78 Å². The number of hydrogen-bond donors (Lipinski definition) is 2. The third-order valence-electron chi connectivity index (χ3n) is 10.3. The minimum Gasteiger partial charge on any atom is -0.508 e. The second kappa shape index (κ2) is 11.3. The van der Waals surface area contributed by atoms with E-state index in [2.05, 4.69) is 15.3 Å². The van der Waals surface area contributed by atoms with Gasteiger partial charge in [-0.15, -0.1) is 0 Å². The summed E-state index contributed by atoms with van der Waals surface area (Å²) in [6.07, 6.45) is -5.99. The van der Waals surface area contributed by atoms with Crippen molar-refractivity contribution in [2.24, 2.45) is 0 Å². The number of piperazine rings is 1. The molecule has 5 fully saturated rings. The van der Waals surface area contributed by atoms with Crippen molar-refractivity contribution in [3.05, 3.63) is 57.8 Å². The van der Waals surface area contributed by atoms with Gasteiger partial charge >= 0.3 is 12.2 Å². The first-order valence-electron chi connectivity index (χ1n) is 17.6. The van der Waals surface area contributed by atoms with Crippen molar-refractivity contribution < 1.29 is 35.9 Å². The highest BCUT2D eigenvalue weighted by Crippen LogP contribution is 2.42. The number of alkyl halides is 4. The molecule has 2 aromatic carbocycles. The monoisotopic (exact) mass is 673 g/mol. The Bertz CT molecular complexity index is 2140. The molecule has 2 N–H and O–H groups in total. The van der Waals surface area contributed by atoms with E-state index in [4.69, 9.17) is 8.85 Å². The van der Waals surface area contributed by atoms with Gasteiger partial charge in [-0.2, -0.15) is 23.1 Å². The fraction of sp³-hybridized carbons (Fsp3) is 0.500. The van der Waals surface area contributed by atoms with Crippen molar-refractivity contribution in [2.75, 3.05) is 37.6 Å². The molecule has 4 atom stereocenters. The SMILES string of the molecule is [2H]C1([2H])CC[C@@]2(COc3nc(N4CC5CCC4CN5)c4cc(C(F)(F)F)n(-c5cc(O)cc6ccc(F)c(CC)c56)c(=O)c4n3)C[C@@]([2H])(F)CN12. The number of pyridine rings is 1. The number of nitrogens with zero attached hydrogens (tertiary/aromatic N) is 5. The topological polar surface area (TPSA) is 95.8 Å². The Morgan fingerprint density at radius 2 is 2.04 bits per heavy atom. The van der Waals surface area contributed by atoms with Crippen LogP contribution in [0.15, 0.2) is 35.1 Å². The lowest BCUT2D eigenvalue weighted by molar-refractivity contribution is -0.142. The number of piperidine rings is 2. The molecule has 5 aliphatic rings. The molecule has 9 nitrogen and oxygen atoms in total. The summed E-state index contributed by atoms with van der Waals surface area (Å²) in [6.45, 7) is -0.151. The van der Waals surface area contributed by atoms with Crippen molar-refractivity contribution in [1.29, 1.82) is 0 Å². The number of aromatic hydroxyl groups is 1. The van der Waals surface area contributed by atoms with Crippen LogP contribution in [0.3, 0.4) is 0 Å². The van der Waals surface area contributed by atoms with Crippen molar-refractivity contribution in [3.63, 3.8) is 0 Å². The molecule has 2 aromatic heterocycles. The van der Waals surface area contributed by atoms with Gasteiger partial charge in [-0.05, 0) is 67.7 Å². The van der Waals surface area contributed by atoms with Crippen LogP contribution in [-0.2, 0) is 12.6 Å². The van der Waals surface area contributed by atoms with Crippen LogP contribution in [0.25, 0.3) is 27.4 Å². The Labute approximate surface area is 276 Å². The molecule has 0 saturated carbocycles. The Kier molecular flexibility index (Phi) is 6.54. The molecule has 0 radical (unpaired) electrons. The first-order valence-corrected chi connectivity index (χ1v) is 16.1. The molecule has 0 amide bonds. The third kappa shape index (κ3) is 4.97. The lowest BCUT2D eigenvalue weighted by Gasteiger charge is -2.46. The smallest absolute Gasteiger partial charge is 0.431 e. The van der Waals surface area contributed by atoms with Gasteiger partial charge in [0, 0.05) is 52.3 Å². The van der Waals surface area contributed by atoms with Crippen LogP contribution in [0, 0.1) is 5.82 Å². The van der Waals surface area contributed by atoms with Crippen molar-refractivity contribution >= 4 is 27.5 Å². The average molecular weight is 674 g/mol. The Morgan fingerprint density at radius 3 is 2.75 bits per heavy atom. The van der Waals surface area contributed by atoms with Gasteiger partial charge < -0.3 is 20.1 Å². The molecule has 5 saturated heterocycles. The number of benzene rings is 2. The first kappa shape index (κ1) is 27.9. The summed E-state index contributed by atoms with van der Waals surface area (Å²) in [4.78, 5) is 26.6. The number of phenols is 1. The van der Waals surface area contributed by atoms with Crippen LogP contribution < -0.4 is 20.5 Å². The number of rotatable bonds is 6. The minimum absolute atomic E-state index is 0.0217. The standard InChI is InChI=1S/C34H35F5N6O3/c1-2-23-25(36)7-4-18-10-22(46)11-26(28(18)23)45-27(34(37,38)39)12-24-29(31(45)47)41-32(42-30(24)44-16-20-5-6-21(44)14-40-20)48-17-33-8-3-9-43(33)15-19(35)13-33/h4,7,10-12,19-21,40,46H,2-3,5-6,8-9,13-17H2,1H3/t19-,20?,21?,33+/m1/s1/i9D2,19D. The molecular formula is C34H35F5N6O3. The van der Waals surface area contributed by atoms with Crippen LogP contribution in [0.5, 0.6) is 11.8 Å². The number of anilines is 1. The second-order valence-electron chi connectivity index (χ2n) is 13.1. The van der Waals surface area contributed by atoms with E-state index < -0.39 is 59.2 Å². The molecule has 5 aliphatic heterocycles. The Hall–Kier alpha value is -4.04. The zero-order chi connectivity index (χ0) is 36.2. The summed E-state index contributed by atoms with van der Waals surface area (Å²) >= 11 is 0. The van der Waals surface area contributed by atoms with Gasteiger partial charge in [0.2, 0.25) is 0 Å². The molecule has 9 rings (SSSR count). The average Bonchev–Trinajstić information content (AvgIpc) is 3.50. The minimum atomic E-state index is -5.10. The lowest BCUT2D eigenvalue weighted by atomic mass is 9.93. The number of ether oxygens (including phenoxy) is 1. The molecule has 14 heteroatoms. The summed E-state index contributed by atoms with van der Waals surface area (Å²) in [5.41, 5.74) is -4.55. The maximum Gasteiger partial charge on any atom is 0.431 e. The molecule has 254 valence electrons. The second-order valence-corrected chi connectivity index (χ2v) is 13.1. The maximum absolute atomic E-state index is 15.1. The zero-order valence-corrected chi connectivity index (χ0v) is 26.0. The highest BCUT2D eigenvalue weighted by Gasteiger charge is 2.49. The van der Waals surface area contributed by atoms with E-state index in [0.29, 0.717) is 17.7 Å². The van der Waals surface area contributed by atoms with Crippen LogP contribution in [0.1, 0.15) is 54.4 Å². The van der Waals surface area contributed by atoms with E-state index in [1.807, 2.05) is 4.90 Å². The summed E-state index contributed by atoms with van der Waals surface area (Å²) in [7, 11) is 0. The third-order valence-corrected chi connectivity index (χ3v) is 10.3. The number of aromatic nitrogens is 3. The molecule has 2 bridgehead atoms. The van der Waals surface area contributed by atoms with Crippen LogP contribution in [0.2, 0.25) is 0 Å². The first-order chi connectivity index (χ1) is 24.0. The predicted molar refractivity (Wildman–Crippen MR) is 169 cm³/mol. The van der Waals surface area contributed by atoms with Gasteiger partial charge in [-0.3, -0.25) is 14.3 Å². The van der Waals surface area contributed by atoms with Gasteiger partial charge in [0.1, 0.15) is 41.3 Å². The summed E-state index contributed by atoms with van der Waals surface area (Å²) < 4.78 is 107. The van der Waals surface area contributed by atoms with E-state index in [9.17, 15) is 9.90 Å². The van der Waals surface area contributed by atoms with Gasteiger partial charge in [-0.1, -0.05) is 13.0 Å². The Morgan fingerprint density at radius 1 is 1.21 bits per heavy atom. The normalized spacial score (nSPS) is 29.3. The van der Waals surface area contributed by atoms with Gasteiger partial charge in [0.25, 0.3) is 5.56 Å². The number of hydrogen-bond acceptors (Lipinski definition) is 8. The summed E-state index contributed by atoms with van der Waals surface area (Å²) in [5, 5.41) is 14.1. The largest absolute Gasteiger partial charge is 0.508 e. The van der Waals surface area contributed by atoms with E-state index in [1.165, 1.54) is 17.0 Å². The lowest BCUT2D eigenvalue weighted by Crippen LogP contribution is -2.61. The molecule has 0 aliphatic carbocycles. The highest BCUT2D eigenvalue weighted by molar-refractivity contribution is 5.96. The van der Waals surface area contributed by atoms with Crippen LogP contribution in [-0.4, -0.2) is 81.0 Å². The summed E-state index contributed by atoms with van der Waals surface area (Å²) in [5.74, 6) is -1.08.